The van der Waals surface area contributed by atoms with Crippen LogP contribution in [-0.4, -0.2) is 6.10 Å². The molecule has 2 aliphatic rings. The Morgan fingerprint density at radius 3 is 1.36 bits per heavy atom. The molecule has 42 heavy (non-hydrogen) atoms. The van der Waals surface area contributed by atoms with Gasteiger partial charge in [-0.2, -0.15) is 0 Å². The molecule has 0 amide bonds. The van der Waals surface area contributed by atoms with Crippen LogP contribution in [0.15, 0.2) is 133 Å². The van der Waals surface area contributed by atoms with E-state index in [4.69, 9.17) is 13.6 Å². The molecule has 0 saturated carbocycles. The Balaban J connectivity index is 1.50. The smallest absolute Gasteiger partial charge is 0.309 e. The minimum absolute atomic E-state index is 0.0402. The van der Waals surface area contributed by atoms with Crippen molar-refractivity contribution < 1.29 is 13.6 Å². The lowest BCUT2D eigenvalue weighted by Crippen LogP contribution is -2.48. The average Bonchev–Trinajstić information content (AvgIpc) is 3.41. The first kappa shape index (κ1) is 29.0. The molecular formula is C38H41O3P. The summed E-state index contributed by atoms with van der Waals surface area (Å²) in [5.41, 5.74) is 2.19. The third-order valence-corrected chi connectivity index (χ3v) is 9.90. The maximum absolute atomic E-state index is 7.32. The van der Waals surface area contributed by atoms with Crippen molar-refractivity contribution in [1.29, 1.82) is 0 Å². The molecule has 1 heterocycles. The molecule has 1 atom stereocenters. The van der Waals surface area contributed by atoms with E-state index >= 15 is 0 Å². The molecule has 1 fully saturated rings. The van der Waals surface area contributed by atoms with Gasteiger partial charge in [-0.3, -0.25) is 9.05 Å². The normalized spacial score (nSPS) is 22.0. The minimum Gasteiger partial charge on any atom is -0.309 e. The third kappa shape index (κ3) is 5.90. The van der Waals surface area contributed by atoms with Crippen LogP contribution in [0, 0.1) is 0 Å². The molecule has 1 aliphatic carbocycles. The van der Waals surface area contributed by atoms with Crippen molar-refractivity contribution in [2.24, 2.45) is 0 Å². The van der Waals surface area contributed by atoms with E-state index in [1.54, 1.807) is 0 Å². The fourth-order valence-corrected chi connectivity index (χ4v) is 8.19. The summed E-state index contributed by atoms with van der Waals surface area (Å²) in [6, 6.07) is 42.2. The van der Waals surface area contributed by atoms with Gasteiger partial charge in [0.1, 0.15) is 0 Å². The third-order valence-electron chi connectivity index (χ3n) is 8.59. The fourth-order valence-electron chi connectivity index (χ4n) is 6.50. The number of hydrogen-bond acceptors (Lipinski definition) is 3. The highest BCUT2D eigenvalue weighted by Crippen LogP contribution is 2.70. The summed E-state index contributed by atoms with van der Waals surface area (Å²) in [7, 11) is -1.72. The Kier molecular flexibility index (Phi) is 9.63. The Bertz CT molecular complexity index is 1220. The quantitative estimate of drug-likeness (QED) is 0.169. The van der Waals surface area contributed by atoms with E-state index < -0.39 is 19.8 Å². The van der Waals surface area contributed by atoms with Crippen LogP contribution in [0.25, 0.3) is 0 Å². The van der Waals surface area contributed by atoms with Crippen LogP contribution in [-0.2, 0) is 24.8 Å². The molecule has 0 N–H and O–H groups in total. The zero-order valence-electron chi connectivity index (χ0n) is 24.3. The van der Waals surface area contributed by atoms with Crippen molar-refractivity contribution in [3.63, 3.8) is 0 Å². The largest absolute Gasteiger partial charge is 0.335 e. The molecule has 1 unspecified atom stereocenters. The lowest BCUT2D eigenvalue weighted by atomic mass is 9.66. The van der Waals surface area contributed by atoms with Gasteiger partial charge in [0.2, 0.25) is 0 Å². The van der Waals surface area contributed by atoms with Crippen LogP contribution in [0.5, 0.6) is 0 Å². The second-order valence-electron chi connectivity index (χ2n) is 11.4. The van der Waals surface area contributed by atoms with E-state index in [0.29, 0.717) is 0 Å². The van der Waals surface area contributed by atoms with Crippen LogP contribution in [0.4, 0.5) is 0 Å². The summed E-state index contributed by atoms with van der Waals surface area (Å²) < 4.78 is 21.6. The maximum atomic E-state index is 7.32. The Morgan fingerprint density at radius 2 is 0.905 bits per heavy atom. The van der Waals surface area contributed by atoms with Crippen LogP contribution in [0.3, 0.4) is 0 Å². The first-order valence-corrected chi connectivity index (χ1v) is 16.6. The van der Waals surface area contributed by atoms with E-state index in [1.807, 2.05) is 0 Å². The molecule has 0 aromatic heterocycles. The predicted octanol–water partition coefficient (Wildman–Crippen LogP) is 10.6. The second-order valence-corrected chi connectivity index (χ2v) is 12.4. The molecule has 4 aromatic rings. The van der Waals surface area contributed by atoms with Crippen LogP contribution < -0.4 is 0 Å². The van der Waals surface area contributed by atoms with Crippen molar-refractivity contribution in [3.8, 4) is 0 Å². The molecule has 4 heteroatoms. The Hall–Kier alpha value is -3.07. The summed E-state index contributed by atoms with van der Waals surface area (Å²) in [4.78, 5) is 0. The molecule has 216 valence electrons. The number of allylic oxidation sites excluding steroid dienone is 1. The topological polar surface area (TPSA) is 27.7 Å². The van der Waals surface area contributed by atoms with E-state index in [0.717, 1.165) is 47.9 Å². The number of benzene rings is 4. The summed E-state index contributed by atoms with van der Waals surface area (Å²) in [5, 5.41) is 0. The summed E-state index contributed by atoms with van der Waals surface area (Å²) in [6.45, 7) is 0. The lowest BCUT2D eigenvalue weighted by molar-refractivity contribution is 0.00370. The summed E-state index contributed by atoms with van der Waals surface area (Å²) in [6.07, 6.45) is 15.3. The SMILES string of the molecule is C1=C\CC(OP2OC(c3ccccc3)(c3ccccc3)C(c3ccccc3)(c3ccccc3)O2)CCCCCCCC/1. The van der Waals surface area contributed by atoms with Gasteiger partial charge in [-0.15, -0.1) is 0 Å². The first-order chi connectivity index (χ1) is 20.8. The highest BCUT2D eigenvalue weighted by Gasteiger charge is 2.66. The van der Waals surface area contributed by atoms with Crippen molar-refractivity contribution in [3.05, 3.63) is 156 Å². The van der Waals surface area contributed by atoms with Crippen LogP contribution in [0.2, 0.25) is 0 Å². The van der Waals surface area contributed by atoms with Gasteiger partial charge in [0.15, 0.2) is 11.2 Å². The van der Waals surface area contributed by atoms with Gasteiger partial charge < -0.3 is 4.52 Å². The Labute approximate surface area is 252 Å². The van der Waals surface area contributed by atoms with Gasteiger partial charge >= 0.3 is 8.60 Å². The van der Waals surface area contributed by atoms with E-state index in [9.17, 15) is 0 Å². The highest BCUT2D eigenvalue weighted by atomic mass is 31.2. The molecule has 0 bridgehead atoms. The first-order valence-electron chi connectivity index (χ1n) is 15.6. The average molecular weight is 577 g/mol. The van der Waals surface area contributed by atoms with E-state index in [-0.39, 0.29) is 6.10 Å². The predicted molar refractivity (Wildman–Crippen MR) is 172 cm³/mol. The highest BCUT2D eigenvalue weighted by molar-refractivity contribution is 7.42. The molecule has 1 saturated heterocycles. The van der Waals surface area contributed by atoms with Crippen molar-refractivity contribution in [2.75, 3.05) is 0 Å². The van der Waals surface area contributed by atoms with E-state index in [1.165, 1.54) is 32.1 Å². The molecular weight excluding hydrogens is 535 g/mol. The van der Waals surface area contributed by atoms with Gasteiger partial charge in [0.05, 0.1) is 6.10 Å². The molecule has 6 rings (SSSR count). The van der Waals surface area contributed by atoms with Gasteiger partial charge in [0, 0.05) is 0 Å². The van der Waals surface area contributed by atoms with Crippen LogP contribution in [0.1, 0.15) is 80.0 Å². The zero-order chi connectivity index (χ0) is 28.5. The van der Waals surface area contributed by atoms with Crippen molar-refractivity contribution in [1.82, 2.24) is 0 Å². The second kappa shape index (κ2) is 13.9. The van der Waals surface area contributed by atoms with Crippen molar-refractivity contribution >= 4 is 8.60 Å². The lowest BCUT2D eigenvalue weighted by Gasteiger charge is -2.43. The van der Waals surface area contributed by atoms with Gasteiger partial charge in [-0.05, 0) is 47.9 Å². The standard InChI is InChI=1S/C38H41O3P/c1-2-4-6-20-30-36(31-21-7-5-3-1)39-42-40-37(32-22-12-8-13-23-32,33-24-14-9-15-25-33)38(41-42,34-26-16-10-17-27-34)35-28-18-11-19-29-35/h6,8-20,22-29,36H,1-5,7,21,30-31H2/b20-6-. The molecule has 1 aliphatic heterocycles. The fraction of sp³-hybridized carbons (Fsp3) is 0.316. The summed E-state index contributed by atoms with van der Waals surface area (Å²) >= 11 is 0. The van der Waals surface area contributed by atoms with Gasteiger partial charge in [-0.25, -0.2) is 0 Å². The maximum Gasteiger partial charge on any atom is 0.335 e. The molecule has 0 spiro atoms. The van der Waals surface area contributed by atoms with Crippen molar-refractivity contribution in [2.45, 2.75) is 75.1 Å². The van der Waals surface area contributed by atoms with Crippen LogP contribution >= 0.6 is 8.60 Å². The number of hydrogen-bond donors (Lipinski definition) is 0. The zero-order valence-corrected chi connectivity index (χ0v) is 25.2. The van der Waals surface area contributed by atoms with Gasteiger partial charge in [0.25, 0.3) is 0 Å². The molecule has 3 nitrogen and oxygen atoms in total. The number of rotatable bonds is 6. The minimum atomic E-state index is -1.72. The molecule has 0 radical (unpaired) electrons. The van der Waals surface area contributed by atoms with E-state index in [2.05, 4.69) is 133 Å². The monoisotopic (exact) mass is 576 g/mol. The Morgan fingerprint density at radius 1 is 0.500 bits per heavy atom. The summed E-state index contributed by atoms with van der Waals surface area (Å²) in [5.74, 6) is 0. The van der Waals surface area contributed by atoms with Gasteiger partial charge in [-0.1, -0.05) is 166 Å². The molecule has 4 aromatic carbocycles.